The Hall–Kier alpha value is -1.13. The predicted molar refractivity (Wildman–Crippen MR) is 102 cm³/mol. The number of allylic oxidation sites excluding steroid dienone is 1. The summed E-state index contributed by atoms with van der Waals surface area (Å²) in [6.07, 6.45) is 10.3. The molecule has 0 atom stereocenters. The standard InChI is InChI=1S/C20H31NO2S/c1-3-21(4-2)16-7-17-24(22,23)20-14-12-19(13-15-20)11-10-18-8-5-6-9-18/h10-15,18H,3-9,16-17H2,1-2H3/b11-10+. The number of nitrogens with zero attached hydrogens (tertiary/aromatic N) is 1. The van der Waals surface area contributed by atoms with Crippen molar-refractivity contribution in [3.8, 4) is 0 Å². The Morgan fingerprint density at radius 1 is 1.08 bits per heavy atom. The van der Waals surface area contributed by atoms with Crippen LogP contribution in [0.5, 0.6) is 0 Å². The summed E-state index contributed by atoms with van der Waals surface area (Å²) in [6.45, 7) is 7.00. The van der Waals surface area contributed by atoms with Crippen molar-refractivity contribution in [1.82, 2.24) is 4.90 Å². The Kier molecular flexibility index (Phi) is 7.50. The third kappa shape index (κ3) is 5.75. The minimum Gasteiger partial charge on any atom is -0.304 e. The van der Waals surface area contributed by atoms with E-state index in [1.807, 2.05) is 12.1 Å². The third-order valence-corrected chi connectivity index (χ3v) is 6.80. The van der Waals surface area contributed by atoms with Crippen LogP contribution in [0.1, 0.15) is 51.5 Å². The van der Waals surface area contributed by atoms with E-state index >= 15 is 0 Å². The largest absolute Gasteiger partial charge is 0.304 e. The van der Waals surface area contributed by atoms with E-state index in [1.54, 1.807) is 12.1 Å². The maximum absolute atomic E-state index is 12.4. The Balaban J connectivity index is 1.90. The highest BCUT2D eigenvalue weighted by Gasteiger charge is 2.15. The van der Waals surface area contributed by atoms with E-state index in [2.05, 4.69) is 30.9 Å². The van der Waals surface area contributed by atoms with Gasteiger partial charge in [-0.05, 0) is 62.5 Å². The molecule has 1 aliphatic rings. The lowest BCUT2D eigenvalue weighted by molar-refractivity contribution is 0.305. The number of sulfone groups is 1. The first-order valence-electron chi connectivity index (χ1n) is 9.28. The van der Waals surface area contributed by atoms with Crippen molar-refractivity contribution in [2.24, 2.45) is 5.92 Å². The molecule has 1 saturated carbocycles. The van der Waals surface area contributed by atoms with E-state index in [9.17, 15) is 8.42 Å². The maximum Gasteiger partial charge on any atom is 0.178 e. The van der Waals surface area contributed by atoms with Crippen LogP contribution >= 0.6 is 0 Å². The van der Waals surface area contributed by atoms with Crippen LogP contribution in [-0.4, -0.2) is 38.7 Å². The zero-order valence-corrected chi connectivity index (χ0v) is 15.9. The van der Waals surface area contributed by atoms with Gasteiger partial charge in [0.1, 0.15) is 0 Å². The van der Waals surface area contributed by atoms with Gasteiger partial charge in [-0.2, -0.15) is 0 Å². The van der Waals surface area contributed by atoms with Crippen molar-refractivity contribution in [1.29, 1.82) is 0 Å². The molecule has 0 radical (unpaired) electrons. The highest BCUT2D eigenvalue weighted by atomic mass is 32.2. The molecule has 3 nitrogen and oxygen atoms in total. The van der Waals surface area contributed by atoms with Crippen molar-refractivity contribution < 1.29 is 8.42 Å². The summed E-state index contributed by atoms with van der Waals surface area (Å²) in [6, 6.07) is 7.34. The van der Waals surface area contributed by atoms with Crippen LogP contribution < -0.4 is 0 Å². The van der Waals surface area contributed by atoms with Crippen LogP contribution in [0.2, 0.25) is 0 Å². The maximum atomic E-state index is 12.4. The van der Waals surface area contributed by atoms with Gasteiger partial charge >= 0.3 is 0 Å². The fraction of sp³-hybridized carbons (Fsp3) is 0.600. The van der Waals surface area contributed by atoms with Crippen LogP contribution in [0.4, 0.5) is 0 Å². The summed E-state index contributed by atoms with van der Waals surface area (Å²) < 4.78 is 24.9. The molecule has 0 heterocycles. The van der Waals surface area contributed by atoms with Gasteiger partial charge in [0.05, 0.1) is 10.6 Å². The van der Waals surface area contributed by atoms with E-state index in [1.165, 1.54) is 25.7 Å². The molecule has 0 bridgehead atoms. The van der Waals surface area contributed by atoms with Gasteiger partial charge in [0, 0.05) is 0 Å². The molecule has 0 N–H and O–H groups in total. The average molecular weight is 350 g/mol. The van der Waals surface area contributed by atoms with Crippen LogP contribution in [0.3, 0.4) is 0 Å². The molecular weight excluding hydrogens is 318 g/mol. The van der Waals surface area contributed by atoms with E-state index in [4.69, 9.17) is 0 Å². The molecule has 1 aromatic rings. The van der Waals surface area contributed by atoms with Gasteiger partial charge in [0.2, 0.25) is 0 Å². The topological polar surface area (TPSA) is 37.4 Å². The molecule has 0 aliphatic heterocycles. The fourth-order valence-electron chi connectivity index (χ4n) is 3.32. The molecular formula is C20H31NO2S. The van der Waals surface area contributed by atoms with Gasteiger partial charge in [0.25, 0.3) is 0 Å². The van der Waals surface area contributed by atoms with Crippen LogP contribution in [0.15, 0.2) is 35.2 Å². The molecule has 2 rings (SSSR count). The highest BCUT2D eigenvalue weighted by Crippen LogP contribution is 2.26. The Morgan fingerprint density at radius 3 is 2.29 bits per heavy atom. The molecule has 1 fully saturated rings. The smallest absolute Gasteiger partial charge is 0.178 e. The van der Waals surface area contributed by atoms with Crippen molar-refractivity contribution in [2.45, 2.75) is 50.8 Å². The number of hydrogen-bond acceptors (Lipinski definition) is 3. The zero-order valence-electron chi connectivity index (χ0n) is 15.1. The second-order valence-electron chi connectivity index (χ2n) is 6.67. The molecule has 134 valence electrons. The highest BCUT2D eigenvalue weighted by molar-refractivity contribution is 7.91. The van der Waals surface area contributed by atoms with Gasteiger partial charge in [-0.3, -0.25) is 0 Å². The first-order chi connectivity index (χ1) is 11.5. The molecule has 24 heavy (non-hydrogen) atoms. The van der Waals surface area contributed by atoms with E-state index < -0.39 is 9.84 Å². The summed E-state index contributed by atoms with van der Waals surface area (Å²) in [5.74, 6) is 0.925. The van der Waals surface area contributed by atoms with Crippen LogP contribution in [0.25, 0.3) is 6.08 Å². The van der Waals surface area contributed by atoms with E-state index in [-0.39, 0.29) is 5.75 Å². The summed E-state index contributed by atoms with van der Waals surface area (Å²) in [5.41, 5.74) is 1.09. The second-order valence-corrected chi connectivity index (χ2v) is 8.78. The molecule has 0 spiro atoms. The van der Waals surface area contributed by atoms with Gasteiger partial charge in [0.15, 0.2) is 9.84 Å². The van der Waals surface area contributed by atoms with Crippen molar-refractivity contribution in [3.63, 3.8) is 0 Å². The SMILES string of the molecule is CCN(CC)CCCS(=O)(=O)c1ccc(/C=C/C2CCCC2)cc1. The predicted octanol–water partition coefficient (Wildman–Crippen LogP) is 4.40. The summed E-state index contributed by atoms with van der Waals surface area (Å²) in [5, 5.41) is 0. The number of rotatable bonds is 9. The van der Waals surface area contributed by atoms with Gasteiger partial charge < -0.3 is 4.90 Å². The average Bonchev–Trinajstić information content (AvgIpc) is 3.11. The minimum atomic E-state index is -3.17. The monoisotopic (exact) mass is 349 g/mol. The quantitative estimate of drug-likeness (QED) is 0.663. The van der Waals surface area contributed by atoms with Crippen LogP contribution in [0, 0.1) is 5.92 Å². The third-order valence-electron chi connectivity index (χ3n) is 4.98. The van der Waals surface area contributed by atoms with Crippen molar-refractivity contribution in [3.05, 3.63) is 35.9 Å². The molecule has 0 amide bonds. The second kappa shape index (κ2) is 9.38. The first kappa shape index (κ1) is 19.2. The Morgan fingerprint density at radius 2 is 1.71 bits per heavy atom. The lowest BCUT2D eigenvalue weighted by Gasteiger charge is -2.17. The van der Waals surface area contributed by atoms with Gasteiger partial charge in [-0.25, -0.2) is 8.42 Å². The molecule has 0 unspecified atom stereocenters. The molecule has 1 aliphatic carbocycles. The molecule has 0 saturated heterocycles. The van der Waals surface area contributed by atoms with E-state index in [0.717, 1.165) is 25.2 Å². The summed E-state index contributed by atoms with van der Waals surface area (Å²) in [7, 11) is -3.17. The Bertz CT molecular complexity index is 610. The fourth-order valence-corrected chi connectivity index (χ4v) is 4.61. The number of hydrogen-bond donors (Lipinski definition) is 0. The van der Waals surface area contributed by atoms with Crippen molar-refractivity contribution >= 4 is 15.9 Å². The minimum absolute atomic E-state index is 0.223. The van der Waals surface area contributed by atoms with Gasteiger partial charge in [-0.1, -0.05) is 51.0 Å². The summed E-state index contributed by atoms with van der Waals surface area (Å²) >= 11 is 0. The normalized spacial score (nSPS) is 16.5. The first-order valence-corrected chi connectivity index (χ1v) is 10.9. The van der Waals surface area contributed by atoms with Gasteiger partial charge in [-0.15, -0.1) is 0 Å². The molecule has 1 aromatic carbocycles. The lowest BCUT2D eigenvalue weighted by atomic mass is 10.1. The zero-order chi connectivity index (χ0) is 17.4. The number of benzene rings is 1. The molecule has 0 aromatic heterocycles. The molecule has 4 heteroatoms. The van der Waals surface area contributed by atoms with Crippen LogP contribution in [-0.2, 0) is 9.84 Å². The lowest BCUT2D eigenvalue weighted by Crippen LogP contribution is -2.25. The Labute approximate surface area is 147 Å². The summed E-state index contributed by atoms with van der Waals surface area (Å²) in [4.78, 5) is 2.70. The van der Waals surface area contributed by atoms with E-state index in [0.29, 0.717) is 17.2 Å². The van der Waals surface area contributed by atoms with Crippen molar-refractivity contribution in [2.75, 3.05) is 25.4 Å².